The van der Waals surface area contributed by atoms with Crippen molar-refractivity contribution >= 4 is 34.8 Å². The van der Waals surface area contributed by atoms with Crippen LogP contribution in [-0.2, 0) is 5.67 Å². The molecule has 3 aromatic rings. The van der Waals surface area contributed by atoms with Crippen molar-refractivity contribution in [3.05, 3.63) is 81.6 Å². The second-order valence-electron chi connectivity index (χ2n) is 9.18. The van der Waals surface area contributed by atoms with Gasteiger partial charge in [0.25, 0.3) is 11.8 Å². The second-order valence-corrected chi connectivity index (χ2v) is 9.62. The maximum atomic E-state index is 14.7. The lowest BCUT2D eigenvalue weighted by Gasteiger charge is -2.31. The number of aryl methyl sites for hydroxylation is 1. The number of hydrogen-bond acceptors (Lipinski definition) is 4. The summed E-state index contributed by atoms with van der Waals surface area (Å²) in [4.78, 5) is 27.6. The van der Waals surface area contributed by atoms with Gasteiger partial charge in [-0.15, -0.1) is 0 Å². The molecule has 3 aromatic carbocycles. The maximum Gasteiger partial charge on any atom is 0.435 e. The van der Waals surface area contributed by atoms with Crippen LogP contribution < -0.4 is 19.7 Å². The van der Waals surface area contributed by atoms with Crippen LogP contribution in [0.5, 0.6) is 11.5 Å². The Balaban J connectivity index is 2.13. The van der Waals surface area contributed by atoms with E-state index in [1.165, 1.54) is 25.1 Å². The van der Waals surface area contributed by atoms with Crippen LogP contribution in [0.2, 0.25) is 5.02 Å². The minimum absolute atomic E-state index is 0.0366. The molecule has 0 atom stereocenters. The summed E-state index contributed by atoms with van der Waals surface area (Å²) in [5, 5.41) is 2.09. The Hall–Kier alpha value is -4.21. The first-order valence-electron chi connectivity index (χ1n) is 12.5. The molecule has 3 rings (SSSR count). The van der Waals surface area contributed by atoms with Gasteiger partial charge in [0.15, 0.2) is 5.75 Å². The molecule has 6 nitrogen and oxygen atoms in total. The molecule has 0 aliphatic carbocycles. The van der Waals surface area contributed by atoms with Gasteiger partial charge in [-0.3, -0.25) is 9.59 Å². The molecule has 2 amide bonds. The summed E-state index contributed by atoms with van der Waals surface area (Å²) >= 11 is 5.89. The van der Waals surface area contributed by atoms with Crippen molar-refractivity contribution in [2.45, 2.75) is 38.5 Å². The molecule has 0 fully saturated rings. The van der Waals surface area contributed by atoms with Gasteiger partial charge < -0.3 is 19.7 Å². The first kappa shape index (κ1) is 35.3. The van der Waals surface area contributed by atoms with Crippen LogP contribution in [0.1, 0.15) is 38.8 Å². The molecule has 1 N–H and O–H groups in total. The van der Waals surface area contributed by atoms with Crippen LogP contribution in [0, 0.1) is 12.7 Å². The average molecular weight is 675 g/mol. The third kappa shape index (κ3) is 6.89. The predicted molar refractivity (Wildman–Crippen MR) is 142 cm³/mol. The number of nitrogens with zero attached hydrogens (tertiary/aromatic N) is 1. The number of carbonyl (C=O) groups excluding carboxylic acids is 2. The molecule has 17 heteroatoms. The van der Waals surface area contributed by atoms with Gasteiger partial charge in [-0.2, -0.15) is 35.1 Å². The highest BCUT2D eigenvalue weighted by Crippen LogP contribution is 2.54. The van der Waals surface area contributed by atoms with E-state index in [0.29, 0.717) is 0 Å². The highest BCUT2D eigenvalue weighted by Gasteiger charge is 2.73. The van der Waals surface area contributed by atoms with E-state index in [-0.39, 0.29) is 35.1 Å². The number of nitrogens with one attached hydrogen (secondary N) is 1. The first-order chi connectivity index (χ1) is 20.8. The molecule has 45 heavy (non-hydrogen) atoms. The average Bonchev–Trinajstić information content (AvgIpc) is 2.94. The lowest BCUT2D eigenvalue weighted by atomic mass is 9.92. The van der Waals surface area contributed by atoms with E-state index in [9.17, 15) is 53.5 Å². The number of ether oxygens (including phenoxy) is 2. The molecule has 0 aliphatic heterocycles. The predicted octanol–water partition coefficient (Wildman–Crippen LogP) is 8.61. The molecule has 0 saturated heterocycles. The van der Waals surface area contributed by atoms with Crippen molar-refractivity contribution in [3.63, 3.8) is 0 Å². The molecule has 0 heterocycles. The summed E-state index contributed by atoms with van der Waals surface area (Å²) in [6.45, 7) is -1.62. The standard InChI is InChI=1S/C28H21ClF10N2O4/c1-4-41(24(43)17-12-15(29)8-9-18(17)30)19-7-5-6-16(22(19)44-3)23(42)40-21-13(2)10-14(11-20(21)45-25(31)32)26(33,27(34,35)36)28(37,38)39/h5-12,25H,4H2,1-3H3,(H,40,42). The monoisotopic (exact) mass is 674 g/mol. The Bertz CT molecular complexity index is 1580. The van der Waals surface area contributed by atoms with Crippen molar-refractivity contribution < 1.29 is 63.0 Å². The van der Waals surface area contributed by atoms with E-state index in [1.807, 2.05) is 5.32 Å². The normalized spacial score (nSPS) is 12.2. The van der Waals surface area contributed by atoms with E-state index >= 15 is 0 Å². The van der Waals surface area contributed by atoms with Gasteiger partial charge >= 0.3 is 24.6 Å². The summed E-state index contributed by atoms with van der Waals surface area (Å²) in [6, 6.07) is 6.70. The van der Waals surface area contributed by atoms with E-state index in [4.69, 9.17) is 16.3 Å². The van der Waals surface area contributed by atoms with Crippen LogP contribution >= 0.6 is 11.6 Å². The largest absolute Gasteiger partial charge is 0.494 e. The van der Waals surface area contributed by atoms with Gasteiger partial charge in [0.1, 0.15) is 11.6 Å². The number of benzene rings is 3. The summed E-state index contributed by atoms with van der Waals surface area (Å²) in [5.74, 6) is -4.79. The number of hydrogen-bond donors (Lipinski definition) is 1. The van der Waals surface area contributed by atoms with Crippen molar-refractivity contribution in [1.82, 2.24) is 0 Å². The number of para-hydroxylation sites is 1. The lowest BCUT2D eigenvalue weighted by molar-refractivity contribution is -0.348. The fraction of sp³-hybridized carbons (Fsp3) is 0.286. The molecule has 0 aliphatic rings. The summed E-state index contributed by atoms with van der Waals surface area (Å²) in [6.07, 6.45) is -13.1. The van der Waals surface area contributed by atoms with E-state index in [0.717, 1.165) is 37.1 Å². The number of rotatable bonds is 9. The minimum Gasteiger partial charge on any atom is -0.494 e. The van der Waals surface area contributed by atoms with Gasteiger partial charge in [-0.1, -0.05) is 17.7 Å². The zero-order chi connectivity index (χ0) is 34.1. The first-order valence-corrected chi connectivity index (χ1v) is 12.8. The second kappa shape index (κ2) is 13.0. The van der Waals surface area contributed by atoms with Crippen molar-refractivity contribution in [1.29, 1.82) is 0 Å². The highest BCUT2D eigenvalue weighted by atomic mass is 35.5. The Kier molecular flexibility index (Phi) is 10.2. The molecular formula is C28H21ClF10N2O4. The molecule has 244 valence electrons. The van der Waals surface area contributed by atoms with Gasteiger partial charge in [-0.05, 0) is 61.9 Å². The molecular weight excluding hydrogens is 654 g/mol. The van der Waals surface area contributed by atoms with Crippen LogP contribution in [-0.4, -0.2) is 44.4 Å². The smallest absolute Gasteiger partial charge is 0.435 e. The number of carbonyl (C=O) groups is 2. The highest BCUT2D eigenvalue weighted by molar-refractivity contribution is 6.31. The van der Waals surface area contributed by atoms with Gasteiger partial charge in [-0.25, -0.2) is 8.78 Å². The van der Waals surface area contributed by atoms with E-state index < -0.39 is 76.0 Å². The van der Waals surface area contributed by atoms with E-state index in [2.05, 4.69) is 4.74 Å². The summed E-state index contributed by atoms with van der Waals surface area (Å²) in [7, 11) is 1.08. The zero-order valence-electron chi connectivity index (χ0n) is 23.1. The van der Waals surface area contributed by atoms with E-state index in [1.54, 1.807) is 0 Å². The molecule has 0 saturated carbocycles. The summed E-state index contributed by atoms with van der Waals surface area (Å²) in [5.41, 5.74) is -10.6. The van der Waals surface area contributed by atoms with Gasteiger partial charge in [0.2, 0.25) is 0 Å². The maximum absolute atomic E-state index is 14.7. The lowest BCUT2D eigenvalue weighted by Crippen LogP contribution is -2.50. The van der Waals surface area contributed by atoms with Crippen molar-refractivity contribution in [3.8, 4) is 11.5 Å². The Morgan fingerprint density at radius 3 is 2.11 bits per heavy atom. The number of methoxy groups -OCH3 is 1. The van der Waals surface area contributed by atoms with Crippen molar-refractivity contribution in [2.24, 2.45) is 0 Å². The van der Waals surface area contributed by atoms with Crippen LogP contribution in [0.4, 0.5) is 55.3 Å². The molecule has 0 bridgehead atoms. The number of amides is 2. The number of alkyl halides is 9. The van der Waals surface area contributed by atoms with Crippen LogP contribution in [0.15, 0.2) is 48.5 Å². The third-order valence-electron chi connectivity index (χ3n) is 6.39. The van der Waals surface area contributed by atoms with Crippen molar-refractivity contribution in [2.75, 3.05) is 23.9 Å². The number of anilines is 2. The molecule has 0 spiro atoms. The fourth-order valence-corrected chi connectivity index (χ4v) is 4.50. The fourth-order valence-electron chi connectivity index (χ4n) is 4.33. The number of halogens is 11. The Morgan fingerprint density at radius 2 is 1.58 bits per heavy atom. The molecule has 0 unspecified atom stereocenters. The molecule has 0 aromatic heterocycles. The molecule has 0 radical (unpaired) electrons. The third-order valence-corrected chi connectivity index (χ3v) is 6.62. The quantitative estimate of drug-likeness (QED) is 0.231. The van der Waals surface area contributed by atoms with Gasteiger partial charge in [0, 0.05) is 17.1 Å². The zero-order valence-corrected chi connectivity index (χ0v) is 23.9. The van der Waals surface area contributed by atoms with Crippen LogP contribution in [0.25, 0.3) is 0 Å². The minimum atomic E-state index is -6.56. The van der Waals surface area contributed by atoms with Crippen LogP contribution in [0.3, 0.4) is 0 Å². The summed E-state index contributed by atoms with van der Waals surface area (Å²) < 4.78 is 145. The topological polar surface area (TPSA) is 67.9 Å². The SMILES string of the molecule is CCN(C(=O)c1cc(Cl)ccc1F)c1cccc(C(=O)Nc2c(C)cc(C(F)(C(F)(F)F)C(F)(F)F)cc2OC(F)F)c1OC. The Labute approximate surface area is 253 Å². The Morgan fingerprint density at radius 1 is 0.956 bits per heavy atom. The van der Waals surface area contributed by atoms with Gasteiger partial charge in [0.05, 0.1) is 29.6 Å².